The highest BCUT2D eigenvalue weighted by Crippen LogP contribution is 2.57. The molecule has 0 heterocycles. The van der Waals surface area contributed by atoms with E-state index >= 15 is 0 Å². The van der Waals surface area contributed by atoms with Gasteiger partial charge >= 0.3 is 0 Å². The van der Waals surface area contributed by atoms with Crippen molar-refractivity contribution in [1.82, 2.24) is 0 Å². The third-order valence-corrected chi connectivity index (χ3v) is 4.35. The van der Waals surface area contributed by atoms with E-state index in [0.717, 1.165) is 10.2 Å². The largest absolute Gasteiger partial charge is 0.494 e. The Labute approximate surface area is 112 Å². The lowest BCUT2D eigenvalue weighted by atomic mass is 9.98. The fourth-order valence-electron chi connectivity index (χ4n) is 2.37. The van der Waals surface area contributed by atoms with Crippen LogP contribution in [0.5, 0.6) is 5.75 Å². The molecule has 0 aliphatic heterocycles. The van der Waals surface area contributed by atoms with E-state index in [-0.39, 0.29) is 6.04 Å². The summed E-state index contributed by atoms with van der Waals surface area (Å²) >= 11 is 3.59. The lowest BCUT2D eigenvalue weighted by molar-refractivity contribution is 0.339. The first kappa shape index (κ1) is 12.9. The molecule has 0 radical (unpaired) electrons. The highest BCUT2D eigenvalue weighted by atomic mass is 79.9. The zero-order valence-electron chi connectivity index (χ0n) is 10.7. The Kier molecular flexibility index (Phi) is 3.50. The highest BCUT2D eigenvalue weighted by molar-refractivity contribution is 9.10. The van der Waals surface area contributed by atoms with E-state index in [2.05, 4.69) is 35.8 Å². The molecule has 17 heavy (non-hydrogen) atoms. The summed E-state index contributed by atoms with van der Waals surface area (Å²) in [6, 6.07) is 6.20. The van der Waals surface area contributed by atoms with E-state index in [1.807, 2.05) is 19.1 Å². The van der Waals surface area contributed by atoms with Gasteiger partial charge in [-0.15, -0.1) is 0 Å². The first-order chi connectivity index (χ1) is 7.95. The molecule has 1 aliphatic rings. The Morgan fingerprint density at radius 3 is 2.65 bits per heavy atom. The maximum absolute atomic E-state index is 6.33. The molecule has 0 bridgehead atoms. The molecule has 94 valence electrons. The number of nitrogens with two attached hydrogens (primary N) is 1. The van der Waals surface area contributed by atoms with Gasteiger partial charge in [0.05, 0.1) is 6.61 Å². The first-order valence-electron chi connectivity index (χ1n) is 6.13. The lowest BCUT2D eigenvalue weighted by Gasteiger charge is -2.16. The van der Waals surface area contributed by atoms with Gasteiger partial charge in [0.2, 0.25) is 0 Å². The Morgan fingerprint density at radius 1 is 1.53 bits per heavy atom. The molecule has 0 spiro atoms. The Morgan fingerprint density at radius 2 is 2.18 bits per heavy atom. The van der Waals surface area contributed by atoms with E-state index in [1.165, 1.54) is 12.0 Å². The zero-order valence-corrected chi connectivity index (χ0v) is 12.3. The van der Waals surface area contributed by atoms with Crippen LogP contribution in [0.2, 0.25) is 0 Å². The number of hydrogen-bond donors (Lipinski definition) is 1. The normalized spacial score (nSPS) is 23.2. The lowest BCUT2D eigenvalue weighted by Crippen LogP contribution is -2.16. The van der Waals surface area contributed by atoms with E-state index < -0.39 is 0 Å². The second-order valence-corrected chi connectivity index (χ2v) is 6.30. The quantitative estimate of drug-likeness (QED) is 0.915. The van der Waals surface area contributed by atoms with Gasteiger partial charge in [0.25, 0.3) is 0 Å². The van der Waals surface area contributed by atoms with Crippen LogP contribution in [0.3, 0.4) is 0 Å². The molecule has 1 aromatic rings. The third kappa shape index (κ3) is 2.66. The van der Waals surface area contributed by atoms with Crippen LogP contribution in [-0.4, -0.2) is 6.61 Å². The Bertz CT molecular complexity index is 417. The number of halogens is 1. The van der Waals surface area contributed by atoms with Crippen molar-refractivity contribution >= 4 is 15.9 Å². The van der Waals surface area contributed by atoms with Crippen LogP contribution in [0.15, 0.2) is 22.7 Å². The molecule has 1 fully saturated rings. The van der Waals surface area contributed by atoms with Gasteiger partial charge in [-0.1, -0.05) is 35.8 Å². The van der Waals surface area contributed by atoms with Crippen LogP contribution in [0, 0.1) is 11.3 Å². The van der Waals surface area contributed by atoms with Gasteiger partial charge < -0.3 is 10.5 Å². The fourth-order valence-corrected chi connectivity index (χ4v) is 2.99. The highest BCUT2D eigenvalue weighted by Gasteiger charge is 2.49. The number of benzene rings is 1. The summed E-state index contributed by atoms with van der Waals surface area (Å²) in [7, 11) is 0. The minimum Gasteiger partial charge on any atom is -0.494 e. The number of ether oxygens (including phenoxy) is 1. The molecule has 0 saturated heterocycles. The fraction of sp³-hybridized carbons (Fsp3) is 0.571. The van der Waals surface area contributed by atoms with E-state index in [9.17, 15) is 0 Å². The minimum atomic E-state index is 0.120. The molecule has 2 N–H and O–H groups in total. The predicted molar refractivity (Wildman–Crippen MR) is 74.1 cm³/mol. The van der Waals surface area contributed by atoms with Gasteiger partial charge in [0, 0.05) is 10.5 Å². The van der Waals surface area contributed by atoms with Crippen molar-refractivity contribution in [2.75, 3.05) is 6.61 Å². The van der Waals surface area contributed by atoms with Gasteiger partial charge in [-0.05, 0) is 42.4 Å². The average Bonchev–Trinajstić information content (AvgIpc) is 2.88. The predicted octanol–water partition coefficient (Wildman–Crippen LogP) is 3.89. The Balaban J connectivity index is 2.16. The topological polar surface area (TPSA) is 35.2 Å². The zero-order chi connectivity index (χ0) is 12.6. The molecule has 2 nitrogen and oxygen atoms in total. The van der Waals surface area contributed by atoms with Gasteiger partial charge in [-0.25, -0.2) is 0 Å². The molecule has 3 heteroatoms. The molecule has 2 rings (SSSR count). The van der Waals surface area contributed by atoms with Crippen molar-refractivity contribution in [2.24, 2.45) is 17.1 Å². The van der Waals surface area contributed by atoms with Crippen molar-refractivity contribution in [3.05, 3.63) is 28.2 Å². The summed E-state index contributed by atoms with van der Waals surface area (Å²) < 4.78 is 6.52. The van der Waals surface area contributed by atoms with Crippen molar-refractivity contribution in [1.29, 1.82) is 0 Å². The molecule has 1 saturated carbocycles. The van der Waals surface area contributed by atoms with Gasteiger partial charge in [-0.3, -0.25) is 0 Å². The molecule has 1 aromatic carbocycles. The van der Waals surface area contributed by atoms with Gasteiger partial charge in [-0.2, -0.15) is 0 Å². The van der Waals surface area contributed by atoms with Crippen LogP contribution in [0.1, 0.15) is 38.8 Å². The first-order valence-corrected chi connectivity index (χ1v) is 6.93. The van der Waals surface area contributed by atoms with E-state index in [0.29, 0.717) is 17.9 Å². The van der Waals surface area contributed by atoms with Crippen LogP contribution >= 0.6 is 15.9 Å². The standard InChI is InChI=1S/C14H20BrNO/c1-4-17-9-5-6-10(12(15)7-9)13(16)11-8-14(11,2)3/h5-7,11,13H,4,8,16H2,1-3H3. The second-order valence-electron chi connectivity index (χ2n) is 5.44. The molecular weight excluding hydrogens is 278 g/mol. The molecule has 0 amide bonds. The molecule has 0 aromatic heterocycles. The maximum Gasteiger partial charge on any atom is 0.120 e. The second kappa shape index (κ2) is 4.62. The molecular formula is C14H20BrNO. The summed E-state index contributed by atoms with van der Waals surface area (Å²) in [5, 5.41) is 0. The summed E-state index contributed by atoms with van der Waals surface area (Å²) in [5.41, 5.74) is 7.91. The number of rotatable bonds is 4. The van der Waals surface area contributed by atoms with Crippen molar-refractivity contribution in [3.8, 4) is 5.75 Å². The Hall–Kier alpha value is -0.540. The minimum absolute atomic E-state index is 0.120. The summed E-state index contributed by atoms with van der Waals surface area (Å²) in [4.78, 5) is 0. The van der Waals surface area contributed by atoms with Crippen molar-refractivity contribution in [2.45, 2.75) is 33.2 Å². The number of hydrogen-bond acceptors (Lipinski definition) is 2. The van der Waals surface area contributed by atoms with Gasteiger partial charge in [0.15, 0.2) is 0 Å². The van der Waals surface area contributed by atoms with Crippen LogP contribution in [-0.2, 0) is 0 Å². The van der Waals surface area contributed by atoms with Crippen molar-refractivity contribution in [3.63, 3.8) is 0 Å². The van der Waals surface area contributed by atoms with Crippen LogP contribution in [0.25, 0.3) is 0 Å². The smallest absolute Gasteiger partial charge is 0.120 e. The SMILES string of the molecule is CCOc1ccc(C(N)C2CC2(C)C)c(Br)c1. The third-order valence-electron chi connectivity index (χ3n) is 3.67. The average molecular weight is 298 g/mol. The van der Waals surface area contributed by atoms with E-state index in [1.54, 1.807) is 0 Å². The van der Waals surface area contributed by atoms with Crippen LogP contribution in [0.4, 0.5) is 0 Å². The summed E-state index contributed by atoms with van der Waals surface area (Å²) in [6.07, 6.45) is 1.22. The summed E-state index contributed by atoms with van der Waals surface area (Å²) in [5.74, 6) is 1.49. The monoisotopic (exact) mass is 297 g/mol. The van der Waals surface area contributed by atoms with Crippen LogP contribution < -0.4 is 10.5 Å². The summed E-state index contributed by atoms with van der Waals surface area (Å²) in [6.45, 7) is 7.23. The molecule has 2 unspecified atom stereocenters. The molecule has 2 atom stereocenters. The van der Waals surface area contributed by atoms with Crippen molar-refractivity contribution < 1.29 is 4.74 Å². The molecule has 1 aliphatic carbocycles. The van der Waals surface area contributed by atoms with E-state index in [4.69, 9.17) is 10.5 Å². The maximum atomic E-state index is 6.33. The van der Waals surface area contributed by atoms with Gasteiger partial charge in [0.1, 0.15) is 5.75 Å².